The zero-order valence-corrected chi connectivity index (χ0v) is 9.31. The topological polar surface area (TPSA) is 0 Å². The second kappa shape index (κ2) is 3.63. The Balaban J connectivity index is 1.99. The van der Waals surface area contributed by atoms with Gasteiger partial charge in [0.1, 0.15) is 0 Å². The molecule has 2 atom stereocenters. The van der Waals surface area contributed by atoms with Crippen molar-refractivity contribution >= 4 is 0 Å². The SMILES string of the molecule is CC1CC2(CCCCC2)CC[C@H]1C. The van der Waals surface area contributed by atoms with Crippen LogP contribution in [0, 0.1) is 17.3 Å². The third kappa shape index (κ3) is 1.92. The fourth-order valence-electron chi connectivity index (χ4n) is 3.56. The van der Waals surface area contributed by atoms with Crippen molar-refractivity contribution in [1.82, 2.24) is 0 Å². The molecule has 2 aliphatic carbocycles. The van der Waals surface area contributed by atoms with Gasteiger partial charge >= 0.3 is 0 Å². The van der Waals surface area contributed by atoms with Crippen molar-refractivity contribution in [3.63, 3.8) is 0 Å². The minimum atomic E-state index is 0.810. The first-order chi connectivity index (χ1) is 6.22. The van der Waals surface area contributed by atoms with Gasteiger partial charge in [0.05, 0.1) is 0 Å². The minimum Gasteiger partial charge on any atom is -0.0623 e. The third-order valence-electron chi connectivity index (χ3n) is 4.77. The monoisotopic (exact) mass is 180 g/mol. The van der Waals surface area contributed by atoms with Gasteiger partial charge in [0.2, 0.25) is 0 Å². The van der Waals surface area contributed by atoms with Crippen LogP contribution >= 0.6 is 0 Å². The predicted octanol–water partition coefficient (Wildman–Crippen LogP) is 4.39. The van der Waals surface area contributed by atoms with Crippen molar-refractivity contribution in [1.29, 1.82) is 0 Å². The maximum absolute atomic E-state index is 2.47. The number of hydrogen-bond donors (Lipinski definition) is 0. The fraction of sp³-hybridized carbons (Fsp3) is 1.00. The summed E-state index contributed by atoms with van der Waals surface area (Å²) in [4.78, 5) is 0. The Kier molecular flexibility index (Phi) is 2.67. The molecule has 0 aromatic carbocycles. The average molecular weight is 180 g/mol. The summed E-state index contributed by atoms with van der Waals surface area (Å²) in [6.07, 6.45) is 12.2. The van der Waals surface area contributed by atoms with Gasteiger partial charge in [-0.05, 0) is 49.4 Å². The van der Waals surface area contributed by atoms with Crippen molar-refractivity contribution < 1.29 is 0 Å². The molecule has 1 unspecified atom stereocenters. The van der Waals surface area contributed by atoms with Gasteiger partial charge in [-0.3, -0.25) is 0 Å². The zero-order chi connectivity index (χ0) is 9.31. The predicted molar refractivity (Wildman–Crippen MR) is 57.7 cm³/mol. The largest absolute Gasteiger partial charge is 0.0623 e. The highest BCUT2D eigenvalue weighted by Crippen LogP contribution is 2.50. The van der Waals surface area contributed by atoms with Crippen molar-refractivity contribution in [3.05, 3.63) is 0 Å². The van der Waals surface area contributed by atoms with Crippen LogP contribution in [0.1, 0.15) is 65.2 Å². The first kappa shape index (κ1) is 9.55. The van der Waals surface area contributed by atoms with Crippen molar-refractivity contribution in [2.24, 2.45) is 17.3 Å². The molecule has 0 saturated heterocycles. The van der Waals surface area contributed by atoms with Crippen LogP contribution in [0.25, 0.3) is 0 Å². The second-order valence-electron chi connectivity index (χ2n) is 5.76. The number of hydrogen-bond acceptors (Lipinski definition) is 0. The average Bonchev–Trinajstić information content (AvgIpc) is 2.14. The Bertz CT molecular complexity index is 165. The van der Waals surface area contributed by atoms with Crippen LogP contribution in [-0.4, -0.2) is 0 Å². The maximum atomic E-state index is 2.47. The van der Waals surface area contributed by atoms with Gasteiger partial charge < -0.3 is 0 Å². The van der Waals surface area contributed by atoms with E-state index in [0.29, 0.717) is 0 Å². The van der Waals surface area contributed by atoms with E-state index in [9.17, 15) is 0 Å². The summed E-state index contributed by atoms with van der Waals surface area (Å²) >= 11 is 0. The molecule has 0 aromatic heterocycles. The van der Waals surface area contributed by atoms with Crippen LogP contribution < -0.4 is 0 Å². The summed E-state index contributed by atoms with van der Waals surface area (Å²) in [5, 5.41) is 0. The fourth-order valence-corrected chi connectivity index (χ4v) is 3.56. The molecular formula is C13H24. The molecule has 0 heteroatoms. The summed E-state index contributed by atoms with van der Waals surface area (Å²) < 4.78 is 0. The van der Waals surface area contributed by atoms with E-state index >= 15 is 0 Å². The third-order valence-corrected chi connectivity index (χ3v) is 4.77. The van der Waals surface area contributed by atoms with E-state index in [-0.39, 0.29) is 0 Å². The van der Waals surface area contributed by atoms with Gasteiger partial charge in [-0.2, -0.15) is 0 Å². The smallest absolute Gasteiger partial charge is 0.0295 e. The van der Waals surface area contributed by atoms with Crippen molar-refractivity contribution in [3.8, 4) is 0 Å². The summed E-state index contributed by atoms with van der Waals surface area (Å²) in [5.41, 5.74) is 0.810. The van der Waals surface area contributed by atoms with E-state index in [1.54, 1.807) is 19.3 Å². The standard InChI is InChI=1S/C13H24/c1-11-6-9-13(10-12(11)2)7-4-3-5-8-13/h11-12H,3-10H2,1-2H3/t11-,12?/m1/s1. The molecule has 0 heterocycles. The first-order valence-electron chi connectivity index (χ1n) is 6.22. The Morgan fingerprint density at radius 3 is 2.15 bits per heavy atom. The molecule has 2 fully saturated rings. The summed E-state index contributed by atoms with van der Waals surface area (Å²) in [6.45, 7) is 4.92. The van der Waals surface area contributed by atoms with Gasteiger partial charge in [-0.1, -0.05) is 33.1 Å². The van der Waals surface area contributed by atoms with E-state index in [2.05, 4.69) is 13.8 Å². The lowest BCUT2D eigenvalue weighted by Gasteiger charge is -2.45. The molecule has 0 N–H and O–H groups in total. The normalized spacial score (nSPS) is 39.2. The van der Waals surface area contributed by atoms with Gasteiger partial charge in [-0.15, -0.1) is 0 Å². The highest BCUT2D eigenvalue weighted by atomic mass is 14.4. The minimum absolute atomic E-state index is 0.810. The molecule has 76 valence electrons. The summed E-state index contributed by atoms with van der Waals surface area (Å²) in [7, 11) is 0. The maximum Gasteiger partial charge on any atom is -0.0295 e. The Morgan fingerprint density at radius 2 is 1.54 bits per heavy atom. The van der Waals surface area contributed by atoms with Crippen molar-refractivity contribution in [2.75, 3.05) is 0 Å². The lowest BCUT2D eigenvalue weighted by atomic mass is 9.60. The molecule has 0 nitrogen and oxygen atoms in total. The first-order valence-corrected chi connectivity index (χ1v) is 6.22. The van der Waals surface area contributed by atoms with Gasteiger partial charge in [0, 0.05) is 0 Å². The Labute approximate surface area is 83.1 Å². The molecular weight excluding hydrogens is 156 g/mol. The van der Waals surface area contributed by atoms with Crippen LogP contribution in [0.2, 0.25) is 0 Å². The van der Waals surface area contributed by atoms with Gasteiger partial charge in [-0.25, -0.2) is 0 Å². The lowest BCUT2D eigenvalue weighted by molar-refractivity contribution is 0.0639. The van der Waals surface area contributed by atoms with Crippen LogP contribution in [0.4, 0.5) is 0 Å². The highest BCUT2D eigenvalue weighted by molar-refractivity contribution is 4.89. The molecule has 0 aromatic rings. The van der Waals surface area contributed by atoms with E-state index in [0.717, 1.165) is 17.3 Å². The van der Waals surface area contributed by atoms with Crippen LogP contribution in [0.3, 0.4) is 0 Å². The summed E-state index contributed by atoms with van der Waals surface area (Å²) in [5.74, 6) is 1.99. The van der Waals surface area contributed by atoms with E-state index in [4.69, 9.17) is 0 Å². The molecule has 2 saturated carbocycles. The lowest BCUT2D eigenvalue weighted by Crippen LogP contribution is -2.33. The van der Waals surface area contributed by atoms with Crippen LogP contribution in [0.15, 0.2) is 0 Å². The molecule has 2 aliphatic rings. The molecule has 1 spiro atoms. The molecule has 2 rings (SSSR count). The Hall–Kier alpha value is 0. The Morgan fingerprint density at radius 1 is 0.846 bits per heavy atom. The van der Waals surface area contributed by atoms with Gasteiger partial charge in [0.25, 0.3) is 0 Å². The van der Waals surface area contributed by atoms with Crippen molar-refractivity contribution in [2.45, 2.75) is 65.2 Å². The summed E-state index contributed by atoms with van der Waals surface area (Å²) in [6, 6.07) is 0. The molecule has 0 aliphatic heterocycles. The highest BCUT2D eigenvalue weighted by Gasteiger charge is 2.37. The van der Waals surface area contributed by atoms with E-state index in [1.807, 2.05) is 0 Å². The molecule has 0 radical (unpaired) electrons. The molecule has 0 amide bonds. The van der Waals surface area contributed by atoms with E-state index < -0.39 is 0 Å². The van der Waals surface area contributed by atoms with E-state index in [1.165, 1.54) is 32.1 Å². The van der Waals surface area contributed by atoms with Crippen LogP contribution in [-0.2, 0) is 0 Å². The molecule has 13 heavy (non-hydrogen) atoms. The molecule has 0 bridgehead atoms. The zero-order valence-electron chi connectivity index (χ0n) is 9.31. The quantitative estimate of drug-likeness (QED) is 0.518. The second-order valence-corrected chi connectivity index (χ2v) is 5.76. The van der Waals surface area contributed by atoms with Gasteiger partial charge in [0.15, 0.2) is 0 Å². The van der Waals surface area contributed by atoms with Crippen LogP contribution in [0.5, 0.6) is 0 Å². The number of rotatable bonds is 0.